The Bertz CT molecular complexity index is 1420. The molecule has 0 aliphatic carbocycles. The van der Waals surface area contributed by atoms with Crippen LogP contribution >= 0.6 is 0 Å². The zero-order chi connectivity index (χ0) is 27.1. The van der Waals surface area contributed by atoms with Gasteiger partial charge in [0.15, 0.2) is 5.82 Å². The Kier molecular flexibility index (Phi) is 6.72. The summed E-state index contributed by atoms with van der Waals surface area (Å²) in [5, 5.41) is 3.83. The lowest BCUT2D eigenvalue weighted by atomic mass is 9.96. The molecular formula is C25H20F7N5O. The van der Waals surface area contributed by atoms with E-state index in [4.69, 9.17) is 4.52 Å². The van der Waals surface area contributed by atoms with Gasteiger partial charge in [0.2, 0.25) is 0 Å². The monoisotopic (exact) mass is 539 g/mol. The second-order valence-electron chi connectivity index (χ2n) is 8.98. The molecule has 0 bridgehead atoms. The van der Waals surface area contributed by atoms with E-state index in [0.29, 0.717) is 49.6 Å². The number of nitrogens with one attached hydrogen (secondary N) is 1. The van der Waals surface area contributed by atoms with Gasteiger partial charge in [0.1, 0.15) is 11.6 Å². The Balaban J connectivity index is 1.22. The van der Waals surface area contributed by atoms with Crippen molar-refractivity contribution in [3.05, 3.63) is 77.3 Å². The summed E-state index contributed by atoms with van der Waals surface area (Å²) in [5.74, 6) is -0.658. The van der Waals surface area contributed by atoms with Gasteiger partial charge in [0, 0.05) is 17.0 Å². The van der Waals surface area contributed by atoms with Crippen LogP contribution in [0.3, 0.4) is 0 Å². The van der Waals surface area contributed by atoms with Crippen molar-refractivity contribution in [3.8, 4) is 22.7 Å². The lowest BCUT2D eigenvalue weighted by molar-refractivity contribution is -0.140. The average Bonchev–Trinajstić information content (AvgIpc) is 3.54. The number of likely N-dealkylation sites (tertiary alicyclic amines) is 1. The number of halogens is 7. The second-order valence-corrected chi connectivity index (χ2v) is 8.98. The van der Waals surface area contributed by atoms with E-state index in [1.54, 1.807) is 0 Å². The van der Waals surface area contributed by atoms with Crippen LogP contribution < -0.4 is 0 Å². The molecule has 4 aromatic rings. The number of hydrogen-bond donors (Lipinski definition) is 1. The highest BCUT2D eigenvalue weighted by Gasteiger charge is 2.35. The van der Waals surface area contributed by atoms with Crippen LogP contribution in [0.2, 0.25) is 0 Å². The fraction of sp³-hybridized carbons (Fsp3) is 0.320. The summed E-state index contributed by atoms with van der Waals surface area (Å²) in [6.07, 6.45) is -6.59. The maximum atomic E-state index is 13.6. The quantitative estimate of drug-likeness (QED) is 0.287. The SMILES string of the molecule is Fc1ccc(-c2nc(CN3CCC(c4ncc(-c5ccccc5C(F)(F)F)[nH]4)CC3)no2)cc1C(F)(F)F. The molecule has 6 nitrogen and oxygen atoms in total. The minimum absolute atomic E-state index is 0.0129. The number of piperidine rings is 1. The zero-order valence-electron chi connectivity index (χ0n) is 19.6. The Morgan fingerprint density at radius 2 is 1.66 bits per heavy atom. The van der Waals surface area contributed by atoms with E-state index in [-0.39, 0.29) is 35.3 Å². The van der Waals surface area contributed by atoms with Crippen LogP contribution in [0.4, 0.5) is 30.7 Å². The number of imidazole rings is 1. The van der Waals surface area contributed by atoms with Gasteiger partial charge < -0.3 is 9.51 Å². The van der Waals surface area contributed by atoms with Gasteiger partial charge in [-0.25, -0.2) is 9.37 Å². The molecule has 38 heavy (non-hydrogen) atoms. The van der Waals surface area contributed by atoms with Crippen LogP contribution in [0.15, 0.2) is 53.2 Å². The third-order valence-electron chi connectivity index (χ3n) is 6.44. The molecule has 0 radical (unpaired) electrons. The molecule has 0 amide bonds. The van der Waals surface area contributed by atoms with E-state index in [2.05, 4.69) is 20.1 Å². The number of H-pyrrole nitrogens is 1. The molecule has 13 heteroatoms. The number of alkyl halides is 6. The smallest absolute Gasteiger partial charge is 0.342 e. The molecule has 0 unspecified atom stereocenters. The van der Waals surface area contributed by atoms with E-state index in [1.807, 2.05) is 4.90 Å². The summed E-state index contributed by atoms with van der Waals surface area (Å²) < 4.78 is 97.8. The molecular weight excluding hydrogens is 519 g/mol. The van der Waals surface area contributed by atoms with Crippen molar-refractivity contribution in [1.29, 1.82) is 0 Å². The van der Waals surface area contributed by atoms with Gasteiger partial charge >= 0.3 is 12.4 Å². The first-order valence-corrected chi connectivity index (χ1v) is 11.6. The van der Waals surface area contributed by atoms with E-state index >= 15 is 0 Å². The Morgan fingerprint density at radius 3 is 2.37 bits per heavy atom. The summed E-state index contributed by atoms with van der Waals surface area (Å²) in [5.41, 5.74) is -1.87. The molecule has 2 aromatic heterocycles. The Hall–Kier alpha value is -3.74. The van der Waals surface area contributed by atoms with Crippen molar-refractivity contribution < 1.29 is 35.3 Å². The summed E-state index contributed by atoms with van der Waals surface area (Å²) in [6.45, 7) is 1.50. The number of aromatic amines is 1. The largest absolute Gasteiger partial charge is 0.419 e. The number of benzene rings is 2. The van der Waals surface area contributed by atoms with Crippen molar-refractivity contribution in [2.75, 3.05) is 13.1 Å². The van der Waals surface area contributed by atoms with Crippen LogP contribution in [-0.2, 0) is 18.9 Å². The van der Waals surface area contributed by atoms with Gasteiger partial charge in [-0.1, -0.05) is 23.4 Å². The molecule has 3 heterocycles. The first kappa shape index (κ1) is 25.9. The molecule has 1 saturated heterocycles. The highest BCUT2D eigenvalue weighted by Crippen LogP contribution is 2.37. The molecule has 0 spiro atoms. The molecule has 1 fully saturated rings. The van der Waals surface area contributed by atoms with E-state index in [1.165, 1.54) is 24.4 Å². The number of rotatable bonds is 5. The van der Waals surface area contributed by atoms with E-state index in [9.17, 15) is 30.7 Å². The van der Waals surface area contributed by atoms with Crippen LogP contribution in [0, 0.1) is 5.82 Å². The normalized spacial score (nSPS) is 15.8. The van der Waals surface area contributed by atoms with Crippen molar-refractivity contribution in [1.82, 2.24) is 25.0 Å². The lowest BCUT2D eigenvalue weighted by Gasteiger charge is -2.30. The summed E-state index contributed by atoms with van der Waals surface area (Å²) in [4.78, 5) is 13.5. The topological polar surface area (TPSA) is 70.8 Å². The molecule has 1 aliphatic heterocycles. The summed E-state index contributed by atoms with van der Waals surface area (Å²) in [7, 11) is 0. The minimum Gasteiger partial charge on any atom is -0.342 e. The molecule has 2 aromatic carbocycles. The van der Waals surface area contributed by atoms with Gasteiger partial charge in [-0.3, -0.25) is 4.90 Å². The number of aromatic nitrogens is 4. The van der Waals surface area contributed by atoms with Crippen LogP contribution in [0.1, 0.15) is 41.5 Å². The maximum Gasteiger partial charge on any atom is 0.419 e. The first-order chi connectivity index (χ1) is 18.0. The molecule has 1 aliphatic rings. The number of nitrogens with zero attached hydrogens (tertiary/aromatic N) is 4. The maximum absolute atomic E-state index is 13.6. The fourth-order valence-electron chi connectivity index (χ4n) is 4.52. The predicted molar refractivity (Wildman–Crippen MR) is 121 cm³/mol. The van der Waals surface area contributed by atoms with Gasteiger partial charge in [0.05, 0.1) is 29.6 Å². The van der Waals surface area contributed by atoms with E-state index < -0.39 is 29.3 Å². The highest BCUT2D eigenvalue weighted by atomic mass is 19.4. The summed E-state index contributed by atoms with van der Waals surface area (Å²) >= 11 is 0. The second kappa shape index (κ2) is 9.86. The highest BCUT2D eigenvalue weighted by molar-refractivity contribution is 5.64. The Labute approximate surface area is 211 Å². The van der Waals surface area contributed by atoms with Crippen LogP contribution in [-0.4, -0.2) is 38.1 Å². The summed E-state index contributed by atoms with van der Waals surface area (Å²) in [6, 6.07) is 7.78. The molecule has 0 atom stereocenters. The van der Waals surface area contributed by atoms with Gasteiger partial charge in [0.25, 0.3) is 5.89 Å². The zero-order valence-corrected chi connectivity index (χ0v) is 19.6. The standard InChI is InChI=1S/C25H20F7N5O/c26-19-6-5-15(11-18(19)25(30,31)32)23-35-21(36-38-23)13-37-9-7-14(8-10-37)22-33-12-20(34-22)16-3-1-2-4-17(16)24(27,28)29/h1-6,11-12,14H,7-10,13H2,(H,33,34). The Morgan fingerprint density at radius 1 is 0.947 bits per heavy atom. The van der Waals surface area contributed by atoms with Gasteiger partial charge in [-0.2, -0.15) is 31.3 Å². The van der Waals surface area contributed by atoms with Crippen molar-refractivity contribution >= 4 is 0 Å². The predicted octanol–water partition coefficient (Wildman–Crippen LogP) is 6.68. The van der Waals surface area contributed by atoms with Crippen LogP contribution in [0.5, 0.6) is 0 Å². The van der Waals surface area contributed by atoms with Crippen LogP contribution in [0.25, 0.3) is 22.7 Å². The molecule has 200 valence electrons. The van der Waals surface area contributed by atoms with Crippen molar-refractivity contribution in [2.24, 2.45) is 0 Å². The third kappa shape index (κ3) is 5.42. The third-order valence-corrected chi connectivity index (χ3v) is 6.44. The fourth-order valence-corrected chi connectivity index (χ4v) is 4.52. The van der Waals surface area contributed by atoms with Crippen molar-refractivity contribution in [2.45, 2.75) is 37.7 Å². The molecule has 0 saturated carbocycles. The van der Waals surface area contributed by atoms with E-state index in [0.717, 1.165) is 12.1 Å². The number of hydrogen-bond acceptors (Lipinski definition) is 5. The average molecular weight is 539 g/mol. The molecule has 1 N–H and O–H groups in total. The van der Waals surface area contributed by atoms with Gasteiger partial charge in [-0.15, -0.1) is 0 Å². The lowest BCUT2D eigenvalue weighted by Crippen LogP contribution is -2.33. The molecule has 5 rings (SSSR count). The minimum atomic E-state index is -4.86. The van der Waals surface area contributed by atoms with Gasteiger partial charge in [-0.05, 0) is 50.2 Å². The first-order valence-electron chi connectivity index (χ1n) is 11.6. The van der Waals surface area contributed by atoms with Crippen molar-refractivity contribution in [3.63, 3.8) is 0 Å².